The van der Waals surface area contributed by atoms with Gasteiger partial charge < -0.3 is 19.7 Å². The molecule has 6 nitrogen and oxygen atoms in total. The van der Waals surface area contributed by atoms with Crippen LogP contribution < -0.4 is 14.8 Å². The number of urea groups is 1. The third kappa shape index (κ3) is 7.57. The second-order valence-electron chi connectivity index (χ2n) is 11.6. The van der Waals surface area contributed by atoms with Gasteiger partial charge in [-0.1, -0.05) is 66.7 Å². The van der Waals surface area contributed by atoms with Gasteiger partial charge in [-0.25, -0.2) is 4.79 Å². The molecule has 1 N–H and O–H groups in total. The van der Waals surface area contributed by atoms with Crippen LogP contribution in [0.3, 0.4) is 0 Å². The minimum absolute atomic E-state index is 0.0164. The Morgan fingerprint density at radius 3 is 2.28 bits per heavy atom. The fraction of sp³-hybridized carbons (Fsp3) is 0.324. The number of carbonyl (C=O) groups excluding carboxylic acids is 1. The Kier molecular flexibility index (Phi) is 9.24. The number of hydrogen-bond acceptors (Lipinski definition) is 4. The van der Waals surface area contributed by atoms with E-state index in [2.05, 4.69) is 77.8 Å². The highest BCUT2D eigenvalue weighted by Crippen LogP contribution is 2.32. The lowest BCUT2D eigenvalue weighted by Gasteiger charge is -2.18. The Morgan fingerprint density at radius 1 is 0.767 bits per heavy atom. The van der Waals surface area contributed by atoms with E-state index in [-0.39, 0.29) is 6.03 Å². The fourth-order valence-corrected chi connectivity index (χ4v) is 5.98. The number of aryl methyl sites for hydroxylation is 1. The first kappa shape index (κ1) is 28.8. The number of amides is 2. The number of nitrogens with one attached hydrogen (secondary N) is 1. The van der Waals surface area contributed by atoms with Gasteiger partial charge in [0.05, 0.1) is 6.54 Å². The lowest BCUT2D eigenvalue weighted by atomic mass is 9.93. The van der Waals surface area contributed by atoms with Gasteiger partial charge in [-0.15, -0.1) is 0 Å². The number of hydrogen-bond donors (Lipinski definition) is 1. The monoisotopic (exact) mass is 575 g/mol. The van der Waals surface area contributed by atoms with Crippen LogP contribution >= 0.6 is 0 Å². The van der Waals surface area contributed by atoms with Gasteiger partial charge in [-0.3, -0.25) is 4.90 Å². The van der Waals surface area contributed by atoms with Gasteiger partial charge in [0, 0.05) is 19.6 Å². The summed E-state index contributed by atoms with van der Waals surface area (Å²) in [6.45, 7) is 8.71. The Balaban J connectivity index is 1.19. The molecule has 0 unspecified atom stereocenters. The van der Waals surface area contributed by atoms with Crippen LogP contribution in [0.4, 0.5) is 4.79 Å². The summed E-state index contributed by atoms with van der Waals surface area (Å²) < 4.78 is 12.2. The zero-order chi connectivity index (χ0) is 29.4. The van der Waals surface area contributed by atoms with Crippen molar-refractivity contribution in [2.45, 2.75) is 39.3 Å². The van der Waals surface area contributed by atoms with Crippen LogP contribution in [-0.4, -0.2) is 55.2 Å². The molecule has 2 saturated heterocycles. The lowest BCUT2D eigenvalue weighted by molar-refractivity contribution is 0.202. The summed E-state index contributed by atoms with van der Waals surface area (Å²) in [5, 5.41) is 2.83. The molecule has 4 aromatic rings. The minimum Gasteiger partial charge on any atom is -0.492 e. The third-order valence-corrected chi connectivity index (χ3v) is 8.46. The van der Waals surface area contributed by atoms with Gasteiger partial charge in [0.1, 0.15) is 24.7 Å². The molecule has 4 aromatic carbocycles. The lowest BCUT2D eigenvalue weighted by Crippen LogP contribution is -2.31. The highest BCUT2D eigenvalue weighted by molar-refractivity contribution is 5.76. The van der Waals surface area contributed by atoms with Crippen molar-refractivity contribution < 1.29 is 14.3 Å². The van der Waals surface area contributed by atoms with Crippen molar-refractivity contribution in [2.24, 2.45) is 0 Å². The minimum atomic E-state index is -0.0164. The summed E-state index contributed by atoms with van der Waals surface area (Å²) in [4.78, 5) is 16.1. The van der Waals surface area contributed by atoms with Crippen molar-refractivity contribution in [3.05, 3.63) is 119 Å². The second kappa shape index (κ2) is 13.8. The van der Waals surface area contributed by atoms with Gasteiger partial charge in [0.25, 0.3) is 0 Å². The number of benzene rings is 4. The first-order valence-corrected chi connectivity index (χ1v) is 15.5. The molecule has 0 aromatic heterocycles. The Morgan fingerprint density at radius 2 is 1.53 bits per heavy atom. The zero-order valence-electron chi connectivity index (χ0n) is 25.1. The van der Waals surface area contributed by atoms with Crippen molar-refractivity contribution >= 4 is 6.03 Å². The summed E-state index contributed by atoms with van der Waals surface area (Å²) >= 11 is 0. The maximum atomic E-state index is 11.8. The number of ether oxygens (including phenoxy) is 2. The maximum absolute atomic E-state index is 11.8. The smallest absolute Gasteiger partial charge is 0.317 e. The third-order valence-electron chi connectivity index (χ3n) is 8.46. The van der Waals surface area contributed by atoms with Gasteiger partial charge >= 0.3 is 6.03 Å². The quantitative estimate of drug-likeness (QED) is 0.201. The second-order valence-corrected chi connectivity index (χ2v) is 11.6. The predicted molar refractivity (Wildman–Crippen MR) is 172 cm³/mol. The van der Waals surface area contributed by atoms with Crippen LogP contribution in [0.2, 0.25) is 0 Å². The Hall–Kier alpha value is -4.29. The van der Waals surface area contributed by atoms with E-state index in [0.29, 0.717) is 26.3 Å². The molecular weight excluding hydrogens is 534 g/mol. The summed E-state index contributed by atoms with van der Waals surface area (Å²) in [6.07, 6.45) is 3.47. The van der Waals surface area contributed by atoms with Crippen molar-refractivity contribution in [3.63, 3.8) is 0 Å². The van der Waals surface area contributed by atoms with Gasteiger partial charge in [-0.05, 0) is 102 Å². The molecule has 6 heteroatoms. The summed E-state index contributed by atoms with van der Waals surface area (Å²) in [5.74, 6) is 1.65. The van der Waals surface area contributed by atoms with E-state index < -0.39 is 0 Å². The average molecular weight is 576 g/mol. The molecular formula is C37H41N3O3. The van der Waals surface area contributed by atoms with E-state index >= 15 is 0 Å². The topological polar surface area (TPSA) is 54.0 Å². The van der Waals surface area contributed by atoms with Crippen molar-refractivity contribution in [3.8, 4) is 22.6 Å². The molecule has 2 aliphatic heterocycles. The Bertz CT molecular complexity index is 1510. The molecule has 0 aliphatic carbocycles. The van der Waals surface area contributed by atoms with E-state index in [0.717, 1.165) is 47.7 Å². The molecule has 0 radical (unpaired) electrons. The molecule has 0 spiro atoms. The fourth-order valence-electron chi connectivity index (χ4n) is 5.98. The molecule has 0 atom stereocenters. The molecule has 2 heterocycles. The van der Waals surface area contributed by atoms with Crippen LogP contribution in [0, 0.1) is 6.92 Å². The highest BCUT2D eigenvalue weighted by atomic mass is 16.5. The molecule has 43 heavy (non-hydrogen) atoms. The summed E-state index contributed by atoms with van der Waals surface area (Å²) in [7, 11) is 0. The molecule has 2 fully saturated rings. The Labute approximate surface area is 255 Å². The van der Waals surface area contributed by atoms with Gasteiger partial charge in [0.15, 0.2) is 0 Å². The highest BCUT2D eigenvalue weighted by Gasteiger charge is 2.19. The van der Waals surface area contributed by atoms with Crippen LogP contribution in [0.1, 0.15) is 40.7 Å². The van der Waals surface area contributed by atoms with Crippen molar-refractivity contribution in [1.29, 1.82) is 0 Å². The molecule has 222 valence electrons. The summed E-state index contributed by atoms with van der Waals surface area (Å²) in [5.41, 5.74) is 8.78. The standard InChI is InChI=1S/C37H41N3O3/c1-28-23-30(9-10-33(28)26-39-18-5-6-19-39)24-32-13-16-35(43-27-29-7-3-2-4-8-29)25-36(32)31-11-14-34(15-12-31)42-22-21-40-20-17-38-37(40)41/h2-4,7-16,23,25H,5-6,17-22,24,26-27H2,1H3,(H,38,41). The van der Waals surface area contributed by atoms with Crippen molar-refractivity contribution in [2.75, 3.05) is 39.3 Å². The molecule has 0 saturated carbocycles. The largest absolute Gasteiger partial charge is 0.492 e. The van der Waals surface area contributed by atoms with E-state index in [1.54, 1.807) is 4.90 Å². The number of rotatable bonds is 12. The normalized spacial score (nSPS) is 15.1. The maximum Gasteiger partial charge on any atom is 0.317 e. The average Bonchev–Trinajstić information content (AvgIpc) is 3.70. The van der Waals surface area contributed by atoms with Crippen LogP contribution in [0.25, 0.3) is 11.1 Å². The van der Waals surface area contributed by atoms with Gasteiger partial charge in [-0.2, -0.15) is 0 Å². The predicted octanol–water partition coefficient (Wildman–Crippen LogP) is 6.83. The number of nitrogens with zero attached hydrogens (tertiary/aromatic N) is 2. The molecule has 2 amide bonds. The summed E-state index contributed by atoms with van der Waals surface area (Å²) in [6, 6.07) is 31.9. The number of carbonyl (C=O) groups is 1. The first-order chi connectivity index (χ1) is 21.1. The van der Waals surface area contributed by atoms with Crippen LogP contribution in [0.5, 0.6) is 11.5 Å². The van der Waals surface area contributed by atoms with Crippen LogP contribution in [-0.2, 0) is 19.6 Å². The molecule has 0 bridgehead atoms. The van der Waals surface area contributed by atoms with Crippen LogP contribution in [0.15, 0.2) is 91.0 Å². The SMILES string of the molecule is Cc1cc(Cc2ccc(OCc3ccccc3)cc2-c2ccc(OCCN3CCNC3=O)cc2)ccc1CN1CCCC1. The van der Waals surface area contributed by atoms with Crippen molar-refractivity contribution in [1.82, 2.24) is 15.1 Å². The van der Waals surface area contributed by atoms with E-state index in [1.165, 1.54) is 48.2 Å². The van der Waals surface area contributed by atoms with E-state index in [9.17, 15) is 4.79 Å². The zero-order valence-corrected chi connectivity index (χ0v) is 25.1. The van der Waals surface area contributed by atoms with Gasteiger partial charge in [0.2, 0.25) is 0 Å². The van der Waals surface area contributed by atoms with E-state index in [1.807, 2.05) is 30.3 Å². The first-order valence-electron chi connectivity index (χ1n) is 15.5. The molecule has 6 rings (SSSR count). The number of likely N-dealkylation sites (tertiary alicyclic amines) is 1. The molecule has 2 aliphatic rings. The van der Waals surface area contributed by atoms with E-state index in [4.69, 9.17) is 9.47 Å².